The van der Waals surface area contributed by atoms with Gasteiger partial charge >= 0.3 is 0 Å². The summed E-state index contributed by atoms with van der Waals surface area (Å²) in [6, 6.07) is 0.0421. The predicted molar refractivity (Wildman–Crippen MR) is 62.1 cm³/mol. The molecule has 92 valence electrons. The molecule has 2 N–H and O–H groups in total. The standard InChI is InChI=1S/C12H22N2O2/c1-12(6-4-7-13-12)11(16)14-8-3-2-5-10(14)9-15/h10,13,15H,2-9H2,1H3. The number of hydrogen-bond acceptors (Lipinski definition) is 3. The first-order chi connectivity index (χ1) is 7.67. The van der Waals surface area contributed by atoms with E-state index in [1.165, 1.54) is 0 Å². The van der Waals surface area contributed by atoms with Crippen molar-refractivity contribution in [1.82, 2.24) is 10.2 Å². The van der Waals surface area contributed by atoms with Crippen LogP contribution in [0.2, 0.25) is 0 Å². The summed E-state index contributed by atoms with van der Waals surface area (Å²) in [5, 5.41) is 12.6. The second-order valence-corrected chi connectivity index (χ2v) is 5.19. The predicted octanol–water partition coefficient (Wildman–Crippen LogP) is 0.502. The summed E-state index contributed by atoms with van der Waals surface area (Å²) in [5.41, 5.74) is -0.384. The summed E-state index contributed by atoms with van der Waals surface area (Å²) in [5.74, 6) is 0.184. The van der Waals surface area contributed by atoms with Gasteiger partial charge in [0, 0.05) is 6.54 Å². The van der Waals surface area contributed by atoms with Gasteiger partial charge < -0.3 is 15.3 Å². The maximum absolute atomic E-state index is 12.4. The topological polar surface area (TPSA) is 52.6 Å². The molecule has 2 rings (SSSR count). The third-order valence-corrected chi connectivity index (χ3v) is 3.94. The second kappa shape index (κ2) is 4.72. The number of amides is 1. The molecule has 0 aromatic carbocycles. The van der Waals surface area contributed by atoms with Crippen molar-refractivity contribution >= 4 is 5.91 Å². The number of hydrogen-bond donors (Lipinski definition) is 2. The lowest BCUT2D eigenvalue weighted by Gasteiger charge is -2.39. The molecular formula is C12H22N2O2. The molecule has 0 spiro atoms. The first-order valence-electron chi connectivity index (χ1n) is 6.34. The number of nitrogens with one attached hydrogen (secondary N) is 1. The molecule has 2 aliphatic heterocycles. The maximum Gasteiger partial charge on any atom is 0.242 e. The lowest BCUT2D eigenvalue weighted by Crippen LogP contribution is -2.57. The van der Waals surface area contributed by atoms with Gasteiger partial charge in [0.15, 0.2) is 0 Å². The fraction of sp³-hybridized carbons (Fsp3) is 0.917. The Balaban J connectivity index is 2.07. The number of aliphatic hydroxyl groups is 1. The van der Waals surface area contributed by atoms with Crippen molar-refractivity contribution in [1.29, 1.82) is 0 Å². The fourth-order valence-corrected chi connectivity index (χ4v) is 2.85. The van der Waals surface area contributed by atoms with E-state index in [-0.39, 0.29) is 24.1 Å². The van der Waals surface area contributed by atoms with Gasteiger partial charge in [-0.2, -0.15) is 0 Å². The normalized spacial score (nSPS) is 35.4. The van der Waals surface area contributed by atoms with Crippen molar-refractivity contribution in [2.45, 2.75) is 50.6 Å². The molecular weight excluding hydrogens is 204 g/mol. The average molecular weight is 226 g/mol. The van der Waals surface area contributed by atoms with Crippen LogP contribution in [0.5, 0.6) is 0 Å². The SMILES string of the molecule is CC1(C(=O)N2CCCCC2CO)CCCN1. The molecule has 1 amide bonds. The van der Waals surface area contributed by atoms with Gasteiger partial charge in [0.25, 0.3) is 0 Å². The van der Waals surface area contributed by atoms with Crippen LogP contribution in [0.4, 0.5) is 0 Å². The van der Waals surface area contributed by atoms with E-state index in [0.717, 1.165) is 45.2 Å². The molecule has 4 nitrogen and oxygen atoms in total. The van der Waals surface area contributed by atoms with Gasteiger partial charge in [0.1, 0.15) is 0 Å². The molecule has 0 aliphatic carbocycles. The number of rotatable bonds is 2. The third-order valence-electron chi connectivity index (χ3n) is 3.94. The van der Waals surface area contributed by atoms with Crippen LogP contribution in [-0.2, 0) is 4.79 Å². The second-order valence-electron chi connectivity index (χ2n) is 5.19. The zero-order valence-corrected chi connectivity index (χ0v) is 10.0. The minimum Gasteiger partial charge on any atom is -0.394 e. The summed E-state index contributed by atoms with van der Waals surface area (Å²) < 4.78 is 0. The molecule has 2 atom stereocenters. The van der Waals surface area contributed by atoms with Crippen LogP contribution in [-0.4, -0.2) is 47.2 Å². The molecule has 0 saturated carbocycles. The molecule has 2 unspecified atom stereocenters. The Morgan fingerprint density at radius 2 is 2.31 bits per heavy atom. The Morgan fingerprint density at radius 3 is 2.94 bits per heavy atom. The quantitative estimate of drug-likeness (QED) is 0.721. The molecule has 2 saturated heterocycles. The average Bonchev–Trinajstić information content (AvgIpc) is 2.76. The maximum atomic E-state index is 12.4. The van der Waals surface area contributed by atoms with Gasteiger partial charge in [-0.15, -0.1) is 0 Å². The number of nitrogens with zero attached hydrogens (tertiary/aromatic N) is 1. The van der Waals surface area contributed by atoms with E-state index in [9.17, 15) is 9.90 Å². The van der Waals surface area contributed by atoms with Crippen LogP contribution in [0.15, 0.2) is 0 Å². The highest BCUT2D eigenvalue weighted by molar-refractivity contribution is 5.86. The van der Waals surface area contributed by atoms with Gasteiger partial charge in [-0.3, -0.25) is 4.79 Å². The summed E-state index contributed by atoms with van der Waals surface area (Å²) in [7, 11) is 0. The third kappa shape index (κ3) is 2.09. The summed E-state index contributed by atoms with van der Waals surface area (Å²) >= 11 is 0. The van der Waals surface area contributed by atoms with Crippen LogP contribution in [0.25, 0.3) is 0 Å². The monoisotopic (exact) mass is 226 g/mol. The van der Waals surface area contributed by atoms with E-state index >= 15 is 0 Å². The Labute approximate surface area is 97.0 Å². The molecule has 16 heavy (non-hydrogen) atoms. The zero-order chi connectivity index (χ0) is 11.6. The van der Waals surface area contributed by atoms with Crippen molar-refractivity contribution in [3.63, 3.8) is 0 Å². The first kappa shape index (κ1) is 11.9. The van der Waals surface area contributed by atoms with Crippen LogP contribution >= 0.6 is 0 Å². The Hall–Kier alpha value is -0.610. The highest BCUT2D eigenvalue weighted by Gasteiger charge is 2.41. The van der Waals surface area contributed by atoms with Crippen molar-refractivity contribution in [2.24, 2.45) is 0 Å². The molecule has 0 radical (unpaired) electrons. The van der Waals surface area contributed by atoms with Crippen LogP contribution in [0.3, 0.4) is 0 Å². The number of aliphatic hydroxyl groups excluding tert-OH is 1. The minimum absolute atomic E-state index is 0.0421. The van der Waals surface area contributed by atoms with E-state index in [1.54, 1.807) is 0 Å². The van der Waals surface area contributed by atoms with Crippen molar-refractivity contribution in [3.05, 3.63) is 0 Å². The Kier molecular flexibility index (Phi) is 3.50. The van der Waals surface area contributed by atoms with Crippen LogP contribution < -0.4 is 5.32 Å². The molecule has 4 heteroatoms. The van der Waals surface area contributed by atoms with Gasteiger partial charge in [0.2, 0.25) is 5.91 Å². The molecule has 0 aromatic heterocycles. The Morgan fingerprint density at radius 1 is 1.50 bits per heavy atom. The summed E-state index contributed by atoms with van der Waals surface area (Å²) in [6.07, 6.45) is 5.12. The minimum atomic E-state index is -0.384. The number of carbonyl (C=O) groups is 1. The van der Waals surface area contributed by atoms with E-state index in [0.29, 0.717) is 0 Å². The van der Waals surface area contributed by atoms with Gasteiger partial charge in [-0.1, -0.05) is 0 Å². The lowest BCUT2D eigenvalue weighted by molar-refractivity contribution is -0.142. The highest BCUT2D eigenvalue weighted by Crippen LogP contribution is 2.25. The largest absolute Gasteiger partial charge is 0.394 e. The summed E-state index contributed by atoms with van der Waals surface area (Å²) in [4.78, 5) is 14.3. The fourth-order valence-electron chi connectivity index (χ4n) is 2.85. The molecule has 2 heterocycles. The van der Waals surface area contributed by atoms with Gasteiger partial charge in [0.05, 0.1) is 18.2 Å². The van der Waals surface area contributed by atoms with E-state index in [2.05, 4.69) is 5.32 Å². The number of likely N-dealkylation sites (tertiary alicyclic amines) is 1. The number of carbonyl (C=O) groups excluding carboxylic acids is 1. The van der Waals surface area contributed by atoms with Gasteiger partial charge in [-0.05, 0) is 45.6 Å². The molecule has 2 aliphatic rings. The molecule has 0 bridgehead atoms. The van der Waals surface area contributed by atoms with E-state index in [1.807, 2.05) is 11.8 Å². The summed E-state index contributed by atoms with van der Waals surface area (Å²) in [6.45, 7) is 3.83. The molecule has 2 fully saturated rings. The lowest BCUT2D eigenvalue weighted by atomic mass is 9.94. The first-order valence-corrected chi connectivity index (χ1v) is 6.34. The van der Waals surface area contributed by atoms with Crippen molar-refractivity contribution in [3.8, 4) is 0 Å². The van der Waals surface area contributed by atoms with Crippen LogP contribution in [0.1, 0.15) is 39.0 Å². The van der Waals surface area contributed by atoms with Gasteiger partial charge in [-0.25, -0.2) is 0 Å². The Bertz CT molecular complexity index is 262. The smallest absolute Gasteiger partial charge is 0.242 e. The number of piperidine rings is 1. The van der Waals surface area contributed by atoms with E-state index < -0.39 is 0 Å². The molecule has 0 aromatic rings. The highest BCUT2D eigenvalue weighted by atomic mass is 16.3. The zero-order valence-electron chi connectivity index (χ0n) is 10.0. The van der Waals surface area contributed by atoms with Crippen molar-refractivity contribution < 1.29 is 9.90 Å². The van der Waals surface area contributed by atoms with Crippen LogP contribution in [0, 0.1) is 0 Å². The van der Waals surface area contributed by atoms with E-state index in [4.69, 9.17) is 0 Å². The van der Waals surface area contributed by atoms with Crippen molar-refractivity contribution in [2.75, 3.05) is 19.7 Å².